The van der Waals surface area contributed by atoms with Gasteiger partial charge in [-0.05, 0) is 74.0 Å². The highest BCUT2D eigenvalue weighted by molar-refractivity contribution is 7.11. The Kier molecular flexibility index (Phi) is 3.53. The van der Waals surface area contributed by atoms with Crippen LogP contribution < -0.4 is 0 Å². The zero-order valence-electron chi connectivity index (χ0n) is 14.2. The third-order valence-electron chi connectivity index (χ3n) is 6.43. The maximum Gasteiger partial charge on any atom is 0.134 e. The Balaban J connectivity index is 1.48. The molecule has 2 heterocycles. The molecule has 0 saturated heterocycles. The third kappa shape index (κ3) is 2.62. The minimum atomic E-state index is 0.304. The lowest BCUT2D eigenvalue weighted by Crippen LogP contribution is -2.48. The summed E-state index contributed by atoms with van der Waals surface area (Å²) in [5.74, 6) is 2.74. The fourth-order valence-electron chi connectivity index (χ4n) is 5.84. The molecule has 0 aliphatic heterocycles. The Hall–Kier alpha value is -1.99. The van der Waals surface area contributed by atoms with E-state index in [-0.39, 0.29) is 0 Å². The molecule has 0 atom stereocenters. The van der Waals surface area contributed by atoms with Gasteiger partial charge in [0, 0.05) is 23.2 Å². The molecule has 0 radical (unpaired) electrons. The van der Waals surface area contributed by atoms with Crippen LogP contribution in [-0.2, 0) is 5.41 Å². The summed E-state index contributed by atoms with van der Waals surface area (Å²) in [5.41, 5.74) is 3.16. The Morgan fingerprint density at radius 2 is 1.92 bits per heavy atom. The highest BCUT2D eigenvalue weighted by Gasteiger charge is 2.52. The van der Waals surface area contributed by atoms with Crippen molar-refractivity contribution in [2.45, 2.75) is 43.9 Å². The predicted octanol–water partition coefficient (Wildman–Crippen LogP) is 5.07. The van der Waals surface area contributed by atoms with Crippen LogP contribution in [0, 0.1) is 29.1 Å². The maximum absolute atomic E-state index is 9.61. The van der Waals surface area contributed by atoms with Gasteiger partial charge in [0.15, 0.2) is 0 Å². The van der Waals surface area contributed by atoms with Crippen LogP contribution in [0.5, 0.6) is 0 Å². The predicted molar refractivity (Wildman–Crippen MR) is 99.7 cm³/mol. The molecule has 0 spiro atoms. The van der Waals surface area contributed by atoms with E-state index in [4.69, 9.17) is 4.98 Å². The van der Waals surface area contributed by atoms with E-state index < -0.39 is 0 Å². The largest absolute Gasteiger partial charge is 0.264 e. The maximum atomic E-state index is 9.61. The van der Waals surface area contributed by atoms with Gasteiger partial charge < -0.3 is 0 Å². The van der Waals surface area contributed by atoms with E-state index in [0.717, 1.165) is 28.3 Å². The SMILES string of the molecule is N#C/C(=C\c1cccnc1)c1nc(C23CC4CC(CC(C4)C2)C3)cs1. The second-order valence-electron chi connectivity index (χ2n) is 8.19. The van der Waals surface area contributed by atoms with Gasteiger partial charge in [-0.25, -0.2) is 4.98 Å². The lowest BCUT2D eigenvalue weighted by molar-refractivity contribution is -0.00694. The molecule has 0 amide bonds. The molecule has 2 aromatic heterocycles. The lowest BCUT2D eigenvalue weighted by Gasteiger charge is -2.56. The smallest absolute Gasteiger partial charge is 0.134 e. The first-order valence-corrected chi connectivity index (χ1v) is 10.1. The molecule has 4 aliphatic carbocycles. The first kappa shape index (κ1) is 15.3. The highest BCUT2D eigenvalue weighted by atomic mass is 32.1. The van der Waals surface area contributed by atoms with Gasteiger partial charge >= 0.3 is 0 Å². The summed E-state index contributed by atoms with van der Waals surface area (Å²) >= 11 is 1.63. The monoisotopic (exact) mass is 347 g/mol. The molecule has 4 fully saturated rings. The number of nitrogens with zero attached hydrogens (tertiary/aromatic N) is 3. The standard InChI is InChI=1S/C21H21N3S/c22-11-18(7-14-2-1-3-23-12-14)20-24-19(13-25-20)21-8-15-4-16(9-21)6-17(5-15)10-21/h1-3,7,12-13,15-17H,4-6,8-10H2/b18-7+. The number of allylic oxidation sites excluding steroid dienone is 1. The van der Waals surface area contributed by atoms with Crippen LogP contribution in [-0.4, -0.2) is 9.97 Å². The summed E-state index contributed by atoms with van der Waals surface area (Å²) < 4.78 is 0. The van der Waals surface area contributed by atoms with Crippen molar-refractivity contribution in [1.29, 1.82) is 5.26 Å². The van der Waals surface area contributed by atoms with Gasteiger partial charge in [0.2, 0.25) is 0 Å². The highest BCUT2D eigenvalue weighted by Crippen LogP contribution is 2.60. The normalized spacial score (nSPS) is 33.4. The molecule has 4 bridgehead atoms. The average Bonchev–Trinajstić information content (AvgIpc) is 3.10. The number of hydrogen-bond acceptors (Lipinski definition) is 4. The minimum Gasteiger partial charge on any atom is -0.264 e. The van der Waals surface area contributed by atoms with Crippen LogP contribution in [0.1, 0.15) is 54.8 Å². The van der Waals surface area contributed by atoms with Crippen LogP contribution >= 0.6 is 11.3 Å². The van der Waals surface area contributed by atoms with Crippen molar-refractivity contribution in [3.8, 4) is 6.07 Å². The summed E-state index contributed by atoms with van der Waals surface area (Å²) in [6.07, 6.45) is 13.7. The molecule has 6 rings (SSSR count). The first-order valence-electron chi connectivity index (χ1n) is 9.22. The molecule has 4 heteroatoms. The summed E-state index contributed by atoms with van der Waals surface area (Å²) in [6.45, 7) is 0. The zero-order valence-corrected chi connectivity index (χ0v) is 15.0. The summed E-state index contributed by atoms with van der Waals surface area (Å²) in [4.78, 5) is 9.10. The Labute approximate surface area is 152 Å². The van der Waals surface area contributed by atoms with E-state index in [1.165, 1.54) is 44.2 Å². The minimum absolute atomic E-state index is 0.304. The van der Waals surface area contributed by atoms with Crippen molar-refractivity contribution in [1.82, 2.24) is 9.97 Å². The Morgan fingerprint density at radius 1 is 1.20 bits per heavy atom. The lowest BCUT2D eigenvalue weighted by atomic mass is 9.49. The van der Waals surface area contributed by atoms with Gasteiger partial charge in [0.25, 0.3) is 0 Å². The second-order valence-corrected chi connectivity index (χ2v) is 9.05. The molecule has 4 aliphatic rings. The summed E-state index contributed by atoms with van der Waals surface area (Å²) in [7, 11) is 0. The van der Waals surface area contributed by atoms with Crippen molar-refractivity contribution in [3.05, 3.63) is 46.2 Å². The summed E-state index contributed by atoms with van der Waals surface area (Å²) in [6, 6.07) is 6.20. The van der Waals surface area contributed by atoms with Gasteiger partial charge in [0.1, 0.15) is 11.1 Å². The molecule has 126 valence electrons. The number of aromatic nitrogens is 2. The van der Waals surface area contributed by atoms with E-state index in [0.29, 0.717) is 11.0 Å². The van der Waals surface area contributed by atoms with Crippen LogP contribution in [0.2, 0.25) is 0 Å². The molecule has 2 aromatic rings. The Morgan fingerprint density at radius 3 is 2.52 bits per heavy atom. The zero-order chi connectivity index (χ0) is 16.9. The van der Waals surface area contributed by atoms with Crippen molar-refractivity contribution in [2.75, 3.05) is 0 Å². The molecule has 0 N–H and O–H groups in total. The van der Waals surface area contributed by atoms with Crippen molar-refractivity contribution >= 4 is 23.0 Å². The molecular weight excluding hydrogens is 326 g/mol. The number of nitriles is 1. The molecule has 3 nitrogen and oxygen atoms in total. The van der Waals surface area contributed by atoms with Crippen LogP contribution in [0.25, 0.3) is 11.6 Å². The third-order valence-corrected chi connectivity index (χ3v) is 7.31. The molecule has 0 aromatic carbocycles. The van der Waals surface area contributed by atoms with Gasteiger partial charge in [-0.1, -0.05) is 6.07 Å². The number of hydrogen-bond donors (Lipinski definition) is 0. The van der Waals surface area contributed by atoms with E-state index in [1.54, 1.807) is 23.7 Å². The van der Waals surface area contributed by atoms with E-state index in [2.05, 4.69) is 16.4 Å². The summed E-state index contributed by atoms with van der Waals surface area (Å²) in [5, 5.41) is 12.7. The van der Waals surface area contributed by atoms with Crippen molar-refractivity contribution in [3.63, 3.8) is 0 Å². The van der Waals surface area contributed by atoms with Gasteiger partial charge in [-0.2, -0.15) is 5.26 Å². The fraction of sp³-hybridized carbons (Fsp3) is 0.476. The second kappa shape index (κ2) is 5.78. The first-order chi connectivity index (χ1) is 12.2. The topological polar surface area (TPSA) is 49.6 Å². The number of pyridine rings is 1. The molecule has 4 saturated carbocycles. The fourth-order valence-corrected chi connectivity index (χ4v) is 6.74. The number of rotatable bonds is 3. The van der Waals surface area contributed by atoms with Crippen LogP contribution in [0.4, 0.5) is 0 Å². The van der Waals surface area contributed by atoms with E-state index in [9.17, 15) is 5.26 Å². The molecule has 25 heavy (non-hydrogen) atoms. The Bertz CT molecular complexity index is 823. The van der Waals surface area contributed by atoms with E-state index in [1.807, 2.05) is 18.2 Å². The van der Waals surface area contributed by atoms with Gasteiger partial charge in [0.05, 0.1) is 11.3 Å². The molecule has 0 unspecified atom stereocenters. The van der Waals surface area contributed by atoms with Crippen molar-refractivity contribution in [2.24, 2.45) is 17.8 Å². The van der Waals surface area contributed by atoms with Crippen molar-refractivity contribution < 1.29 is 0 Å². The van der Waals surface area contributed by atoms with Crippen LogP contribution in [0.3, 0.4) is 0 Å². The average molecular weight is 347 g/mol. The van der Waals surface area contributed by atoms with Crippen LogP contribution in [0.15, 0.2) is 29.9 Å². The quantitative estimate of drug-likeness (QED) is 0.728. The molecular formula is C21H21N3S. The van der Waals surface area contributed by atoms with Gasteiger partial charge in [-0.15, -0.1) is 11.3 Å². The number of thiazole rings is 1. The van der Waals surface area contributed by atoms with E-state index >= 15 is 0 Å². The van der Waals surface area contributed by atoms with Gasteiger partial charge in [-0.3, -0.25) is 4.98 Å².